The first-order valence-electron chi connectivity index (χ1n) is 1.03. The molecular weight excluding hydrogens is 217 g/mol. The first-order valence-corrected chi connectivity index (χ1v) is 5.98. The first kappa shape index (κ1) is 7.10. The predicted octanol–water partition coefficient (Wildman–Crippen LogP) is -0.305. The van der Waals surface area contributed by atoms with Crippen LogP contribution in [0, 0.1) is 0 Å². The third-order valence-electron chi connectivity index (χ3n) is 0. The molecule has 36 valence electrons. The molecule has 0 bridgehead atoms. The molecule has 0 atom stereocenters. The molecule has 0 aromatic heterocycles. The van der Waals surface area contributed by atoms with E-state index in [1.165, 1.54) is 0 Å². The molecule has 0 fully saturated rings. The van der Waals surface area contributed by atoms with Gasteiger partial charge in [-0.05, 0) is 0 Å². The molecule has 0 aromatic rings. The van der Waals surface area contributed by atoms with Gasteiger partial charge >= 0.3 is 49.1 Å². The zero-order valence-electron chi connectivity index (χ0n) is 2.74. The molecule has 0 saturated carbocycles. The summed E-state index contributed by atoms with van der Waals surface area (Å²) in [6, 6.07) is 0. The van der Waals surface area contributed by atoms with Crippen LogP contribution in [-0.2, 0) is 0 Å². The van der Waals surface area contributed by atoms with E-state index in [-0.39, 0.29) is 0 Å². The van der Waals surface area contributed by atoms with Crippen LogP contribution >= 0.6 is 26.8 Å². The maximum atomic E-state index is 7.99. The molecule has 3 nitrogen and oxygen atoms in total. The summed E-state index contributed by atoms with van der Waals surface area (Å²) in [6.45, 7) is 0. The second-order valence-corrected chi connectivity index (χ2v) is 8.37. The number of hydrogen-bond donors (Lipinski definition) is 3. The van der Waals surface area contributed by atoms with E-state index in [0.717, 1.165) is 22.0 Å². The van der Waals surface area contributed by atoms with Gasteiger partial charge in [-0.25, -0.2) is 0 Å². The van der Waals surface area contributed by atoms with Crippen LogP contribution in [-0.4, -0.2) is 22.2 Å². The third kappa shape index (κ3) is 70.5. The molecule has 0 rings (SSSR count). The van der Waals surface area contributed by atoms with E-state index in [9.17, 15) is 0 Å². The van der Waals surface area contributed by atoms with Crippen LogP contribution < -0.4 is 0 Å². The van der Waals surface area contributed by atoms with Crippen molar-refractivity contribution in [2.45, 2.75) is 0 Å². The number of halogens is 1. The van der Waals surface area contributed by atoms with Gasteiger partial charge in [-0.1, -0.05) is 0 Å². The molecule has 0 unspecified atom stereocenters. The van der Waals surface area contributed by atoms with Gasteiger partial charge in [0.2, 0.25) is 0 Å². The van der Waals surface area contributed by atoms with Gasteiger partial charge in [-0.2, -0.15) is 0 Å². The zero-order chi connectivity index (χ0) is 5.45. The summed E-state index contributed by atoms with van der Waals surface area (Å²) in [5.74, 6) is 0. The summed E-state index contributed by atoms with van der Waals surface area (Å²) in [5.41, 5.74) is 0. The molecule has 3 N–H and O–H groups in total. The van der Waals surface area contributed by atoms with E-state index in [2.05, 4.69) is 7.57 Å². The van der Waals surface area contributed by atoms with Crippen molar-refractivity contribution < 1.29 is 14.7 Å². The summed E-state index contributed by atoms with van der Waals surface area (Å²) >= 11 is 0.987. The molecule has 0 aliphatic carbocycles. The van der Waals surface area contributed by atoms with E-state index >= 15 is 0 Å². The zero-order valence-corrected chi connectivity index (χ0v) is 5.80. The molecule has 0 saturated heterocycles. The molecule has 0 aliphatic rings. The summed E-state index contributed by atoms with van der Waals surface area (Å²) in [7, 11) is 4.38. The van der Waals surface area contributed by atoms with Gasteiger partial charge < -0.3 is 0 Å². The van der Waals surface area contributed by atoms with Gasteiger partial charge in [0.05, 0.1) is 0 Å². The Balaban J connectivity index is 3.73. The molecule has 6 heteroatoms. The fourth-order valence-corrected chi connectivity index (χ4v) is 0. The minimum absolute atomic E-state index is 0.987. The summed E-state index contributed by atoms with van der Waals surface area (Å²) in [5, 5.41) is 0. The number of rotatable bonds is 0. The van der Waals surface area contributed by atoms with Crippen molar-refractivity contribution in [3.8, 4) is 0 Å². The normalized spacial score (nSPS) is 19.0. The Hall–Kier alpha value is 1.10. The molecule has 0 heterocycles. The van der Waals surface area contributed by atoms with E-state index in [1.54, 1.807) is 0 Å². The van der Waals surface area contributed by atoms with E-state index in [4.69, 9.17) is 14.7 Å². The van der Waals surface area contributed by atoms with Crippen molar-refractivity contribution in [3.63, 3.8) is 0 Å². The van der Waals surface area contributed by atoms with Gasteiger partial charge in [0.15, 0.2) is 0 Å². The molecule has 0 aliphatic heterocycles. The summed E-state index contributed by atoms with van der Waals surface area (Å²) in [4.78, 5) is 19.4. The second kappa shape index (κ2) is 1.29. The van der Waals surface area contributed by atoms with Gasteiger partial charge in [-0.3, -0.25) is 0 Å². The Morgan fingerprint density at radius 2 is 1.33 bits per heavy atom. The van der Waals surface area contributed by atoms with Crippen LogP contribution in [0.1, 0.15) is 0 Å². The van der Waals surface area contributed by atoms with E-state index < -0.39 is 4.81 Å². The Morgan fingerprint density at radius 3 is 1.33 bits per heavy atom. The Morgan fingerprint density at radius 1 is 1.33 bits per heavy atom. The van der Waals surface area contributed by atoms with Crippen LogP contribution in [0.25, 0.3) is 0 Å². The van der Waals surface area contributed by atoms with Crippen LogP contribution in [0.4, 0.5) is 0 Å². The predicted molar refractivity (Wildman–Crippen MR) is 33.4 cm³/mol. The average molecular weight is 220 g/mol. The molecule has 0 amide bonds. The molecule has 6 heavy (non-hydrogen) atoms. The summed E-state index contributed by atoms with van der Waals surface area (Å²) < 4.78 is 0. The van der Waals surface area contributed by atoms with Crippen LogP contribution in [0.15, 0.2) is 0 Å². The Kier molecular flexibility index (Phi) is 1.53. The molecule has 0 spiro atoms. The van der Waals surface area contributed by atoms with Crippen molar-refractivity contribution in [1.82, 2.24) is 0 Å². The maximum absolute atomic E-state index is 7.99. The molecule has 2 radical (unpaired) electrons. The van der Waals surface area contributed by atoms with Gasteiger partial charge in [0.1, 0.15) is 0 Å². The van der Waals surface area contributed by atoms with Crippen molar-refractivity contribution >= 4 is 34.4 Å². The fraction of sp³-hybridized carbons (Fsp3) is 0. The second-order valence-electron chi connectivity index (χ2n) is 0.939. The van der Waals surface area contributed by atoms with Crippen molar-refractivity contribution in [1.29, 1.82) is 0 Å². The van der Waals surface area contributed by atoms with Gasteiger partial charge in [0.25, 0.3) is 0 Å². The van der Waals surface area contributed by atoms with Crippen LogP contribution in [0.3, 0.4) is 0 Å². The topological polar surface area (TPSA) is 60.7 Å². The third-order valence-corrected chi connectivity index (χ3v) is 0. The van der Waals surface area contributed by atoms with Gasteiger partial charge in [0, 0.05) is 0 Å². The van der Waals surface area contributed by atoms with Crippen molar-refractivity contribution in [2.75, 3.05) is 0 Å². The van der Waals surface area contributed by atoms with E-state index in [1.807, 2.05) is 0 Å². The van der Waals surface area contributed by atoms with Gasteiger partial charge in [-0.15, -0.1) is 0 Å². The number of hydrogen-bond acceptors (Lipinski definition) is 3. The Bertz CT molecular complexity index is 44.0. The SMILES string of the molecule is [B]P(O)(O)(O)I. The van der Waals surface area contributed by atoms with Crippen molar-refractivity contribution in [3.05, 3.63) is 0 Å². The van der Waals surface area contributed by atoms with E-state index in [0.29, 0.717) is 0 Å². The molecular formula is H3BIO3P. The summed E-state index contributed by atoms with van der Waals surface area (Å²) in [6.07, 6.45) is 0. The monoisotopic (exact) mass is 220 g/mol. The van der Waals surface area contributed by atoms with Crippen LogP contribution in [0.5, 0.6) is 0 Å². The average Bonchev–Trinajstić information content (AvgIpc) is 0.650. The fourth-order valence-electron chi connectivity index (χ4n) is 0. The van der Waals surface area contributed by atoms with Crippen LogP contribution in [0.2, 0.25) is 0 Å². The minimum atomic E-state index is -4.58. The first-order chi connectivity index (χ1) is 2.24. The molecule has 0 aromatic carbocycles. The van der Waals surface area contributed by atoms with Crippen molar-refractivity contribution in [2.24, 2.45) is 0 Å². The quantitative estimate of drug-likeness (QED) is 0.298. The Labute approximate surface area is 49.4 Å². The standard InChI is InChI=1S/BH3IO3P/c1-6(2,3,4)5/h3-5H.